The van der Waals surface area contributed by atoms with Gasteiger partial charge in [0, 0.05) is 16.2 Å². The number of carboxylic acid groups (broad SMARTS) is 1. The molecule has 0 unspecified atom stereocenters. The number of halogens is 1. The van der Waals surface area contributed by atoms with Crippen molar-refractivity contribution in [3.8, 4) is 11.5 Å². The van der Waals surface area contributed by atoms with Crippen molar-refractivity contribution < 1.29 is 24.1 Å². The molecular weight excluding hydrogens is 367 g/mol. The fourth-order valence-corrected chi connectivity index (χ4v) is 3.45. The van der Waals surface area contributed by atoms with Crippen molar-refractivity contribution in [2.24, 2.45) is 0 Å². The van der Waals surface area contributed by atoms with Gasteiger partial charge in [-0.2, -0.15) is 0 Å². The Hall–Kier alpha value is -2.47. The lowest BCUT2D eigenvalue weighted by molar-refractivity contribution is 0.0692. The molecule has 0 aliphatic rings. The van der Waals surface area contributed by atoms with Gasteiger partial charge < -0.3 is 14.9 Å². The molecule has 2 rings (SSSR count). The summed E-state index contributed by atoms with van der Waals surface area (Å²) in [6, 6.07) is 7.65. The third kappa shape index (κ3) is 5.50. The van der Waals surface area contributed by atoms with E-state index < -0.39 is 5.97 Å². The topological polar surface area (TPSA) is 66.8 Å². The van der Waals surface area contributed by atoms with Crippen LogP contribution in [0.5, 0.6) is 11.5 Å². The van der Waals surface area contributed by atoms with E-state index in [2.05, 4.69) is 0 Å². The van der Waals surface area contributed by atoms with Gasteiger partial charge in [-0.1, -0.05) is 11.6 Å². The summed E-state index contributed by atoms with van der Waals surface area (Å²) in [4.78, 5) is 12.6. The number of carboxylic acids is 1. The molecule has 0 saturated heterocycles. The van der Waals surface area contributed by atoms with Gasteiger partial charge in [0.15, 0.2) is 0 Å². The van der Waals surface area contributed by atoms with Crippen LogP contribution in [0, 0.1) is 5.82 Å². The van der Waals surface area contributed by atoms with E-state index in [-0.39, 0.29) is 17.1 Å². The first-order chi connectivity index (χ1) is 12.8. The number of thioether (sulfide) groups is 1. The molecule has 6 heteroatoms. The summed E-state index contributed by atoms with van der Waals surface area (Å²) in [5, 5.41) is 20.3. The third-order valence-corrected chi connectivity index (χ3v) is 4.94. The Morgan fingerprint density at radius 2 is 1.93 bits per heavy atom. The van der Waals surface area contributed by atoms with Gasteiger partial charge in [0.05, 0.1) is 6.61 Å². The molecular formula is C21H23FO4S. The van der Waals surface area contributed by atoms with Gasteiger partial charge in [-0.05, 0) is 63.1 Å². The van der Waals surface area contributed by atoms with Gasteiger partial charge in [-0.15, -0.1) is 11.8 Å². The molecule has 2 aromatic rings. The van der Waals surface area contributed by atoms with Crippen molar-refractivity contribution in [3.05, 3.63) is 64.5 Å². The fourth-order valence-electron chi connectivity index (χ4n) is 2.57. The minimum Gasteiger partial charge on any atom is -0.507 e. The quantitative estimate of drug-likeness (QED) is 0.465. The molecule has 0 bridgehead atoms. The van der Waals surface area contributed by atoms with Gasteiger partial charge in [-0.3, -0.25) is 0 Å². The summed E-state index contributed by atoms with van der Waals surface area (Å²) < 4.78 is 18.7. The monoisotopic (exact) mass is 390 g/mol. The normalized spacial score (nSPS) is 10.5. The molecule has 0 radical (unpaired) electrons. The van der Waals surface area contributed by atoms with Crippen molar-refractivity contribution in [1.82, 2.24) is 0 Å². The average Bonchev–Trinajstić information content (AvgIpc) is 2.60. The summed E-state index contributed by atoms with van der Waals surface area (Å²) in [6.45, 7) is 6.10. The second-order valence-electron chi connectivity index (χ2n) is 6.20. The minimum absolute atomic E-state index is 0.120. The number of ether oxygens (including phenoxy) is 1. The second-order valence-corrected chi connectivity index (χ2v) is 7.25. The zero-order valence-electron chi connectivity index (χ0n) is 15.6. The van der Waals surface area contributed by atoms with Crippen molar-refractivity contribution >= 4 is 17.7 Å². The molecule has 0 spiro atoms. The summed E-state index contributed by atoms with van der Waals surface area (Å²) in [5.41, 5.74) is 1.86. The number of aromatic carboxylic acids is 1. The summed E-state index contributed by atoms with van der Waals surface area (Å²) in [7, 11) is 0. The van der Waals surface area contributed by atoms with Crippen LogP contribution in [0.3, 0.4) is 0 Å². The molecule has 2 aromatic carbocycles. The highest BCUT2D eigenvalue weighted by atomic mass is 32.2. The Morgan fingerprint density at radius 3 is 2.48 bits per heavy atom. The lowest BCUT2D eigenvalue weighted by Gasteiger charge is -2.17. The van der Waals surface area contributed by atoms with E-state index >= 15 is 0 Å². The predicted octanol–water partition coefficient (Wildman–Crippen LogP) is 5.43. The number of phenols is 1. The highest BCUT2D eigenvalue weighted by Crippen LogP contribution is 2.38. The molecule has 0 fully saturated rings. The molecule has 144 valence electrons. The van der Waals surface area contributed by atoms with E-state index in [1.54, 1.807) is 18.2 Å². The highest BCUT2D eigenvalue weighted by molar-refractivity contribution is 7.98. The van der Waals surface area contributed by atoms with E-state index in [4.69, 9.17) is 4.74 Å². The number of hydrogen-bond donors (Lipinski definition) is 2. The van der Waals surface area contributed by atoms with Crippen molar-refractivity contribution in [1.29, 1.82) is 0 Å². The first-order valence-electron chi connectivity index (χ1n) is 8.59. The van der Waals surface area contributed by atoms with Gasteiger partial charge in [-0.25, -0.2) is 9.18 Å². The van der Waals surface area contributed by atoms with Crippen LogP contribution in [0.1, 0.15) is 42.3 Å². The molecule has 0 atom stereocenters. The molecule has 0 aliphatic heterocycles. The van der Waals surface area contributed by atoms with Crippen molar-refractivity contribution in [2.75, 3.05) is 6.61 Å². The SMILES string of the molecule is CCOc1cc(CSc2ccc(F)cc2)c(C(=O)O)c(O)c1CC=C(C)C. The smallest absolute Gasteiger partial charge is 0.339 e. The van der Waals surface area contributed by atoms with Crippen molar-refractivity contribution in [2.45, 2.75) is 37.8 Å². The Balaban J connectivity index is 2.43. The van der Waals surface area contributed by atoms with Crippen LogP contribution in [0.2, 0.25) is 0 Å². The fraction of sp³-hybridized carbons (Fsp3) is 0.286. The van der Waals surface area contributed by atoms with Gasteiger partial charge >= 0.3 is 5.97 Å². The number of hydrogen-bond acceptors (Lipinski definition) is 4. The van der Waals surface area contributed by atoms with E-state index in [1.807, 2.05) is 26.8 Å². The van der Waals surface area contributed by atoms with Gasteiger partial charge in [0.1, 0.15) is 22.9 Å². The Bertz CT molecular complexity index is 840. The van der Waals surface area contributed by atoms with Crippen molar-refractivity contribution in [3.63, 3.8) is 0 Å². The summed E-state index contributed by atoms with van der Waals surface area (Å²) in [5.74, 6) is -0.994. The molecule has 0 aromatic heterocycles. The van der Waals surface area contributed by atoms with Crippen LogP contribution in [-0.4, -0.2) is 22.8 Å². The Labute approximate surface area is 162 Å². The van der Waals surface area contributed by atoms with Crippen LogP contribution in [0.25, 0.3) is 0 Å². The second kappa shape index (κ2) is 9.46. The first kappa shape index (κ1) is 20.8. The van der Waals surface area contributed by atoms with E-state index in [1.165, 1.54) is 23.9 Å². The minimum atomic E-state index is -1.19. The molecule has 27 heavy (non-hydrogen) atoms. The average molecular weight is 390 g/mol. The highest BCUT2D eigenvalue weighted by Gasteiger charge is 2.22. The number of aromatic hydroxyl groups is 1. The third-order valence-electron chi connectivity index (χ3n) is 3.88. The van der Waals surface area contributed by atoms with E-state index in [0.29, 0.717) is 35.7 Å². The summed E-state index contributed by atoms with van der Waals surface area (Å²) >= 11 is 1.36. The van der Waals surface area contributed by atoms with Crippen LogP contribution in [0.4, 0.5) is 4.39 Å². The standard InChI is InChI=1S/C21H23FO4S/c1-4-26-18-11-14(12-27-16-8-6-15(22)7-9-16)19(21(24)25)20(23)17(18)10-5-13(2)3/h5-9,11,23H,4,10,12H2,1-3H3,(H,24,25). The maximum Gasteiger partial charge on any atom is 0.339 e. The Morgan fingerprint density at radius 1 is 1.26 bits per heavy atom. The molecule has 0 aliphatic carbocycles. The molecule has 0 heterocycles. The Kier molecular flexibility index (Phi) is 7.30. The number of carbonyl (C=O) groups is 1. The largest absolute Gasteiger partial charge is 0.507 e. The zero-order chi connectivity index (χ0) is 20.0. The zero-order valence-corrected chi connectivity index (χ0v) is 16.4. The molecule has 0 amide bonds. The van der Waals surface area contributed by atoms with E-state index in [9.17, 15) is 19.4 Å². The van der Waals surface area contributed by atoms with E-state index in [0.717, 1.165) is 10.5 Å². The number of benzene rings is 2. The molecule has 2 N–H and O–H groups in total. The maximum absolute atomic E-state index is 13.0. The predicted molar refractivity (Wildman–Crippen MR) is 105 cm³/mol. The van der Waals surface area contributed by atoms with Crippen LogP contribution >= 0.6 is 11.8 Å². The lowest BCUT2D eigenvalue weighted by atomic mass is 9.99. The van der Waals surface area contributed by atoms with Gasteiger partial charge in [0.25, 0.3) is 0 Å². The number of rotatable bonds is 8. The first-order valence-corrected chi connectivity index (χ1v) is 9.57. The molecule has 0 saturated carbocycles. The van der Waals surface area contributed by atoms with Crippen LogP contribution < -0.4 is 4.74 Å². The van der Waals surface area contributed by atoms with Gasteiger partial charge in [0.2, 0.25) is 0 Å². The molecule has 4 nitrogen and oxygen atoms in total. The lowest BCUT2D eigenvalue weighted by Crippen LogP contribution is -2.07. The van der Waals surface area contributed by atoms with Crippen LogP contribution in [-0.2, 0) is 12.2 Å². The maximum atomic E-state index is 13.0. The number of allylic oxidation sites excluding steroid dienone is 2. The summed E-state index contributed by atoms with van der Waals surface area (Å²) in [6.07, 6.45) is 2.30. The van der Waals surface area contributed by atoms with Crippen LogP contribution in [0.15, 0.2) is 46.9 Å².